The van der Waals surface area contributed by atoms with Gasteiger partial charge in [0.05, 0.1) is 11.4 Å². The van der Waals surface area contributed by atoms with E-state index in [1.54, 1.807) is 22.8 Å². The van der Waals surface area contributed by atoms with Crippen molar-refractivity contribution in [3.05, 3.63) is 53.2 Å². The highest BCUT2D eigenvalue weighted by Crippen LogP contribution is 2.29. The summed E-state index contributed by atoms with van der Waals surface area (Å²) in [6.07, 6.45) is 4.28. The monoisotopic (exact) mass is 458 g/mol. The maximum absolute atomic E-state index is 13.2. The molecule has 1 aliphatic rings. The standard InChI is InChI=1S/C22H26N4O3S2/c1-3-17-8-4-5-9-19(17)24-31(28,29)18-12-20(22-23-16(2)15-30-22)26(13-18)14-21(27)25-10-6-7-11-25/h4-5,8-9,12-13,15,24H,3,6-7,10-11,14H2,1-2H3. The highest BCUT2D eigenvalue weighted by molar-refractivity contribution is 7.92. The van der Waals surface area contributed by atoms with Crippen LogP contribution < -0.4 is 4.72 Å². The van der Waals surface area contributed by atoms with Gasteiger partial charge in [-0.05, 0) is 43.9 Å². The van der Waals surface area contributed by atoms with Crippen molar-refractivity contribution in [1.82, 2.24) is 14.5 Å². The Labute approximate surface area is 186 Å². The van der Waals surface area contributed by atoms with Crippen LogP contribution in [0.5, 0.6) is 0 Å². The average molecular weight is 459 g/mol. The number of benzene rings is 1. The molecule has 9 heteroatoms. The molecule has 31 heavy (non-hydrogen) atoms. The van der Waals surface area contributed by atoms with Gasteiger partial charge in [-0.3, -0.25) is 9.52 Å². The predicted octanol–water partition coefficient (Wildman–Crippen LogP) is 3.91. The summed E-state index contributed by atoms with van der Waals surface area (Å²) in [5.41, 5.74) is 2.98. The molecule has 0 saturated carbocycles. The molecule has 1 aromatic carbocycles. The quantitative estimate of drug-likeness (QED) is 0.582. The molecule has 1 N–H and O–H groups in total. The number of thiazole rings is 1. The van der Waals surface area contributed by atoms with Gasteiger partial charge in [0.15, 0.2) is 0 Å². The zero-order chi connectivity index (χ0) is 22.0. The topological polar surface area (TPSA) is 84.3 Å². The number of hydrogen-bond acceptors (Lipinski definition) is 5. The van der Waals surface area contributed by atoms with Gasteiger partial charge in [0.2, 0.25) is 5.91 Å². The van der Waals surface area contributed by atoms with Gasteiger partial charge in [-0.15, -0.1) is 11.3 Å². The van der Waals surface area contributed by atoms with Gasteiger partial charge < -0.3 is 9.47 Å². The number of hydrogen-bond donors (Lipinski definition) is 1. The summed E-state index contributed by atoms with van der Waals surface area (Å²) in [6.45, 7) is 5.48. The van der Waals surface area contributed by atoms with E-state index in [1.807, 2.05) is 36.3 Å². The number of amides is 1. The number of carbonyl (C=O) groups excluding carboxylic acids is 1. The molecule has 0 bridgehead atoms. The first kappa shape index (κ1) is 21.6. The summed E-state index contributed by atoms with van der Waals surface area (Å²) < 4.78 is 30.8. The van der Waals surface area contributed by atoms with E-state index < -0.39 is 10.0 Å². The Hall–Kier alpha value is -2.65. The molecule has 0 spiro atoms. The number of para-hydroxylation sites is 1. The molecule has 3 aromatic rings. The van der Waals surface area contributed by atoms with Gasteiger partial charge in [0.1, 0.15) is 16.4 Å². The molecule has 0 unspecified atom stereocenters. The highest BCUT2D eigenvalue weighted by Gasteiger charge is 2.24. The van der Waals surface area contributed by atoms with Crippen LogP contribution in [-0.2, 0) is 27.8 Å². The van der Waals surface area contributed by atoms with E-state index in [9.17, 15) is 13.2 Å². The molecule has 164 valence electrons. The molecule has 1 fully saturated rings. The van der Waals surface area contributed by atoms with Crippen molar-refractivity contribution >= 4 is 33.0 Å². The van der Waals surface area contributed by atoms with Crippen LogP contribution in [0.4, 0.5) is 5.69 Å². The third kappa shape index (κ3) is 4.67. The lowest BCUT2D eigenvalue weighted by atomic mass is 10.1. The molecule has 0 atom stereocenters. The van der Waals surface area contributed by atoms with Crippen LogP contribution >= 0.6 is 11.3 Å². The maximum atomic E-state index is 13.2. The fourth-order valence-electron chi connectivity index (χ4n) is 3.76. The summed E-state index contributed by atoms with van der Waals surface area (Å²) in [6, 6.07) is 8.96. The summed E-state index contributed by atoms with van der Waals surface area (Å²) in [5, 5.41) is 2.61. The Balaban J connectivity index is 1.69. The van der Waals surface area contributed by atoms with Gasteiger partial charge in [-0.2, -0.15) is 0 Å². The summed E-state index contributed by atoms with van der Waals surface area (Å²) in [5.74, 6) is -0.00383. The largest absolute Gasteiger partial charge is 0.341 e. The molecule has 4 rings (SSSR count). The Morgan fingerprint density at radius 3 is 2.65 bits per heavy atom. The third-order valence-electron chi connectivity index (χ3n) is 5.43. The summed E-state index contributed by atoms with van der Waals surface area (Å²) in [7, 11) is -3.82. The average Bonchev–Trinajstić information content (AvgIpc) is 3.49. The third-order valence-corrected chi connectivity index (χ3v) is 7.74. The fourth-order valence-corrected chi connectivity index (χ4v) is 5.72. The molecule has 3 heterocycles. The number of aryl methyl sites for hydroxylation is 2. The highest BCUT2D eigenvalue weighted by atomic mass is 32.2. The second kappa shape index (κ2) is 8.84. The Bertz CT molecular complexity index is 1190. The normalized spacial score (nSPS) is 14.2. The van der Waals surface area contributed by atoms with Crippen molar-refractivity contribution in [3.63, 3.8) is 0 Å². The van der Waals surface area contributed by atoms with E-state index in [-0.39, 0.29) is 17.3 Å². The zero-order valence-electron chi connectivity index (χ0n) is 17.7. The van der Waals surface area contributed by atoms with E-state index in [4.69, 9.17) is 0 Å². The number of carbonyl (C=O) groups is 1. The van der Waals surface area contributed by atoms with Gasteiger partial charge in [-0.25, -0.2) is 13.4 Å². The van der Waals surface area contributed by atoms with Gasteiger partial charge in [0.25, 0.3) is 10.0 Å². The molecule has 0 radical (unpaired) electrons. The van der Waals surface area contributed by atoms with E-state index >= 15 is 0 Å². The molecule has 1 amide bonds. The fraction of sp³-hybridized carbons (Fsp3) is 0.364. The van der Waals surface area contributed by atoms with Gasteiger partial charge >= 0.3 is 0 Å². The molecule has 0 aliphatic carbocycles. The number of aromatic nitrogens is 2. The first-order valence-electron chi connectivity index (χ1n) is 10.4. The van der Waals surface area contributed by atoms with Crippen LogP contribution in [0.15, 0.2) is 46.8 Å². The SMILES string of the molecule is CCc1ccccc1NS(=O)(=O)c1cc(-c2nc(C)cs2)n(CC(=O)N2CCCC2)c1. The van der Waals surface area contributed by atoms with Crippen LogP contribution in [0.3, 0.4) is 0 Å². The molecule has 7 nitrogen and oxygen atoms in total. The Morgan fingerprint density at radius 1 is 1.23 bits per heavy atom. The molecular weight excluding hydrogens is 432 g/mol. The van der Waals surface area contributed by atoms with Crippen LogP contribution in [0.1, 0.15) is 31.0 Å². The minimum atomic E-state index is -3.82. The van der Waals surface area contributed by atoms with Crippen LogP contribution in [0, 0.1) is 6.92 Å². The second-order valence-electron chi connectivity index (χ2n) is 7.69. The number of nitrogens with zero attached hydrogens (tertiary/aromatic N) is 3. The molecular formula is C22H26N4O3S2. The number of sulfonamides is 1. The smallest absolute Gasteiger partial charge is 0.263 e. The Kier molecular flexibility index (Phi) is 6.15. The van der Waals surface area contributed by atoms with Gasteiger partial charge in [0, 0.05) is 30.4 Å². The molecule has 1 aliphatic heterocycles. The van der Waals surface area contributed by atoms with Crippen molar-refractivity contribution in [2.45, 2.75) is 44.6 Å². The number of anilines is 1. The summed E-state index contributed by atoms with van der Waals surface area (Å²) >= 11 is 1.44. The van der Waals surface area contributed by atoms with Crippen LogP contribution in [-0.4, -0.2) is 41.9 Å². The summed E-state index contributed by atoms with van der Waals surface area (Å²) in [4.78, 5) is 19.2. The van der Waals surface area contributed by atoms with E-state index in [0.29, 0.717) is 22.8 Å². The lowest BCUT2D eigenvalue weighted by Crippen LogP contribution is -2.31. The van der Waals surface area contributed by atoms with E-state index in [1.165, 1.54) is 17.5 Å². The van der Waals surface area contributed by atoms with Crippen molar-refractivity contribution in [2.24, 2.45) is 0 Å². The van der Waals surface area contributed by atoms with Gasteiger partial charge in [-0.1, -0.05) is 25.1 Å². The lowest BCUT2D eigenvalue weighted by Gasteiger charge is -2.16. The van der Waals surface area contributed by atoms with Crippen molar-refractivity contribution in [1.29, 1.82) is 0 Å². The Morgan fingerprint density at radius 2 is 1.97 bits per heavy atom. The van der Waals surface area contributed by atoms with Crippen molar-refractivity contribution in [3.8, 4) is 10.7 Å². The van der Waals surface area contributed by atoms with E-state index in [2.05, 4.69) is 9.71 Å². The minimum absolute atomic E-state index is 0.00383. The molecule has 1 saturated heterocycles. The minimum Gasteiger partial charge on any atom is -0.341 e. The zero-order valence-corrected chi connectivity index (χ0v) is 19.3. The second-order valence-corrected chi connectivity index (χ2v) is 10.2. The van der Waals surface area contributed by atoms with Crippen molar-refractivity contribution < 1.29 is 13.2 Å². The lowest BCUT2D eigenvalue weighted by molar-refractivity contribution is -0.130. The number of rotatable bonds is 7. The van der Waals surface area contributed by atoms with Crippen LogP contribution in [0.25, 0.3) is 10.7 Å². The van der Waals surface area contributed by atoms with E-state index in [0.717, 1.165) is 37.2 Å². The predicted molar refractivity (Wildman–Crippen MR) is 123 cm³/mol. The maximum Gasteiger partial charge on any atom is 0.263 e. The first-order valence-corrected chi connectivity index (χ1v) is 12.7. The number of nitrogens with one attached hydrogen (secondary N) is 1. The van der Waals surface area contributed by atoms with Crippen LogP contribution in [0.2, 0.25) is 0 Å². The van der Waals surface area contributed by atoms with Crippen molar-refractivity contribution in [2.75, 3.05) is 17.8 Å². The first-order chi connectivity index (χ1) is 14.9. The number of likely N-dealkylation sites (tertiary alicyclic amines) is 1. The molecule has 2 aromatic heterocycles.